The van der Waals surface area contributed by atoms with Crippen LogP contribution in [0.25, 0.3) is 0 Å². The first-order chi connectivity index (χ1) is 11.6. The van der Waals surface area contributed by atoms with E-state index in [4.69, 9.17) is 4.42 Å². The second kappa shape index (κ2) is 7.21. The van der Waals surface area contributed by atoms with E-state index in [0.717, 1.165) is 24.3 Å². The van der Waals surface area contributed by atoms with Crippen molar-refractivity contribution < 1.29 is 14.0 Å². The number of aryl methyl sites for hydroxylation is 1. The van der Waals surface area contributed by atoms with E-state index < -0.39 is 0 Å². The lowest BCUT2D eigenvalue weighted by Crippen LogP contribution is -2.32. The minimum absolute atomic E-state index is 0.0860. The molecule has 6 nitrogen and oxygen atoms in total. The van der Waals surface area contributed by atoms with Crippen LogP contribution >= 0.6 is 0 Å². The topological polar surface area (TPSA) is 74.6 Å². The molecule has 6 heteroatoms. The maximum atomic E-state index is 12.0. The SMILES string of the molecule is Cc1cc(N2CCCC2)ccc1NC(=O)CNC(=O)c1ccoc1. The Morgan fingerprint density at radius 2 is 2.00 bits per heavy atom. The molecule has 1 aromatic carbocycles. The third kappa shape index (κ3) is 3.76. The van der Waals surface area contributed by atoms with Crippen molar-refractivity contribution in [1.82, 2.24) is 5.32 Å². The van der Waals surface area contributed by atoms with Gasteiger partial charge in [-0.1, -0.05) is 0 Å². The molecule has 2 N–H and O–H groups in total. The number of hydrogen-bond acceptors (Lipinski definition) is 4. The van der Waals surface area contributed by atoms with Crippen molar-refractivity contribution in [2.24, 2.45) is 0 Å². The molecule has 1 saturated heterocycles. The van der Waals surface area contributed by atoms with Crippen LogP contribution in [0.5, 0.6) is 0 Å². The molecule has 0 bridgehead atoms. The van der Waals surface area contributed by atoms with Crippen molar-refractivity contribution in [3.63, 3.8) is 0 Å². The highest BCUT2D eigenvalue weighted by Gasteiger charge is 2.14. The average Bonchev–Trinajstić information content (AvgIpc) is 3.27. The molecule has 0 unspecified atom stereocenters. The van der Waals surface area contributed by atoms with Gasteiger partial charge in [-0.15, -0.1) is 0 Å². The first-order valence-corrected chi connectivity index (χ1v) is 8.09. The van der Waals surface area contributed by atoms with Gasteiger partial charge in [0.05, 0.1) is 18.4 Å². The van der Waals surface area contributed by atoms with E-state index in [1.165, 1.54) is 31.1 Å². The summed E-state index contributed by atoms with van der Waals surface area (Å²) in [4.78, 5) is 26.1. The number of furan rings is 1. The Morgan fingerprint density at radius 1 is 1.21 bits per heavy atom. The molecule has 126 valence electrons. The molecule has 1 aliphatic heterocycles. The van der Waals surface area contributed by atoms with Crippen LogP contribution in [0.4, 0.5) is 11.4 Å². The zero-order chi connectivity index (χ0) is 16.9. The fourth-order valence-electron chi connectivity index (χ4n) is 2.81. The Balaban J connectivity index is 1.55. The molecule has 2 amide bonds. The van der Waals surface area contributed by atoms with E-state index in [0.29, 0.717) is 5.56 Å². The van der Waals surface area contributed by atoms with Gasteiger partial charge in [-0.05, 0) is 49.6 Å². The second-order valence-electron chi connectivity index (χ2n) is 5.94. The van der Waals surface area contributed by atoms with Crippen LogP contribution in [0, 0.1) is 6.92 Å². The normalized spacial score (nSPS) is 13.8. The van der Waals surface area contributed by atoms with Gasteiger partial charge in [0.1, 0.15) is 6.26 Å². The minimum Gasteiger partial charge on any atom is -0.472 e. The van der Waals surface area contributed by atoms with E-state index in [9.17, 15) is 9.59 Å². The van der Waals surface area contributed by atoms with Gasteiger partial charge >= 0.3 is 0 Å². The van der Waals surface area contributed by atoms with Gasteiger partial charge < -0.3 is 20.0 Å². The molecule has 0 atom stereocenters. The van der Waals surface area contributed by atoms with Crippen LogP contribution in [0.3, 0.4) is 0 Å². The van der Waals surface area contributed by atoms with Crippen LogP contribution in [0.2, 0.25) is 0 Å². The molecule has 1 aromatic heterocycles. The first kappa shape index (κ1) is 16.1. The number of carbonyl (C=O) groups is 2. The summed E-state index contributed by atoms with van der Waals surface area (Å²) in [5, 5.41) is 5.39. The van der Waals surface area contributed by atoms with Crippen molar-refractivity contribution in [3.8, 4) is 0 Å². The third-order valence-electron chi connectivity index (χ3n) is 4.15. The van der Waals surface area contributed by atoms with E-state index in [1.54, 1.807) is 6.07 Å². The zero-order valence-corrected chi connectivity index (χ0v) is 13.7. The van der Waals surface area contributed by atoms with Crippen LogP contribution in [0.1, 0.15) is 28.8 Å². The lowest BCUT2D eigenvalue weighted by Gasteiger charge is -2.19. The van der Waals surface area contributed by atoms with Crippen molar-refractivity contribution in [2.75, 3.05) is 29.9 Å². The molecular weight excluding hydrogens is 306 g/mol. The van der Waals surface area contributed by atoms with Gasteiger partial charge in [-0.25, -0.2) is 0 Å². The Hall–Kier alpha value is -2.76. The van der Waals surface area contributed by atoms with E-state index in [2.05, 4.69) is 21.6 Å². The molecule has 1 aliphatic rings. The monoisotopic (exact) mass is 327 g/mol. The molecule has 2 heterocycles. The standard InChI is InChI=1S/C18H21N3O3/c1-13-10-15(21-7-2-3-8-21)4-5-16(13)20-17(22)11-19-18(23)14-6-9-24-12-14/h4-6,9-10,12H,2-3,7-8,11H2,1H3,(H,19,23)(H,20,22). The van der Waals surface area contributed by atoms with Gasteiger partial charge in [0.2, 0.25) is 5.91 Å². The van der Waals surface area contributed by atoms with Crippen molar-refractivity contribution >= 4 is 23.2 Å². The summed E-state index contributed by atoms with van der Waals surface area (Å²) in [6, 6.07) is 7.58. The number of anilines is 2. The van der Waals surface area contributed by atoms with Gasteiger partial charge in [-0.2, -0.15) is 0 Å². The highest BCUT2D eigenvalue weighted by Crippen LogP contribution is 2.25. The summed E-state index contributed by atoms with van der Waals surface area (Å²) >= 11 is 0. The first-order valence-electron chi connectivity index (χ1n) is 8.09. The minimum atomic E-state index is -0.333. The summed E-state index contributed by atoms with van der Waals surface area (Å²) in [5.41, 5.74) is 3.36. The highest BCUT2D eigenvalue weighted by molar-refractivity contribution is 5.99. The maximum Gasteiger partial charge on any atom is 0.254 e. The Bertz CT molecular complexity index is 719. The summed E-state index contributed by atoms with van der Waals surface area (Å²) in [7, 11) is 0. The Kier molecular flexibility index (Phi) is 4.84. The third-order valence-corrected chi connectivity index (χ3v) is 4.15. The van der Waals surface area contributed by atoms with Gasteiger partial charge in [0.15, 0.2) is 0 Å². The van der Waals surface area contributed by atoms with Gasteiger partial charge in [-0.3, -0.25) is 9.59 Å². The van der Waals surface area contributed by atoms with Crippen LogP contribution in [-0.2, 0) is 4.79 Å². The predicted molar refractivity (Wildman–Crippen MR) is 92.3 cm³/mol. The molecule has 1 fully saturated rings. The van der Waals surface area contributed by atoms with Gasteiger partial charge in [0, 0.05) is 24.5 Å². The molecule has 2 aromatic rings. The second-order valence-corrected chi connectivity index (χ2v) is 5.94. The summed E-state index contributed by atoms with van der Waals surface area (Å²) < 4.78 is 4.84. The number of hydrogen-bond donors (Lipinski definition) is 2. The van der Waals surface area contributed by atoms with Crippen LogP contribution in [0.15, 0.2) is 41.2 Å². The van der Waals surface area contributed by atoms with E-state index in [-0.39, 0.29) is 18.4 Å². The Morgan fingerprint density at radius 3 is 2.67 bits per heavy atom. The number of amides is 2. The van der Waals surface area contributed by atoms with Crippen molar-refractivity contribution in [1.29, 1.82) is 0 Å². The molecule has 0 radical (unpaired) electrons. The van der Waals surface area contributed by atoms with Gasteiger partial charge in [0.25, 0.3) is 5.91 Å². The number of benzene rings is 1. The van der Waals surface area contributed by atoms with E-state index in [1.807, 2.05) is 19.1 Å². The quantitative estimate of drug-likeness (QED) is 0.885. The zero-order valence-electron chi connectivity index (χ0n) is 13.7. The molecule has 0 aliphatic carbocycles. The summed E-state index contributed by atoms with van der Waals surface area (Å²) in [5.74, 6) is -0.594. The molecule has 0 saturated carbocycles. The largest absolute Gasteiger partial charge is 0.472 e. The number of nitrogens with zero attached hydrogens (tertiary/aromatic N) is 1. The number of nitrogens with one attached hydrogen (secondary N) is 2. The average molecular weight is 327 g/mol. The van der Waals surface area contributed by atoms with E-state index >= 15 is 0 Å². The summed E-state index contributed by atoms with van der Waals surface area (Å²) in [6.45, 7) is 4.06. The smallest absolute Gasteiger partial charge is 0.254 e. The molecular formula is C18H21N3O3. The van der Waals surface area contributed by atoms with Crippen molar-refractivity contribution in [2.45, 2.75) is 19.8 Å². The number of rotatable bonds is 5. The predicted octanol–water partition coefficient (Wildman–Crippen LogP) is 2.56. The summed E-state index contributed by atoms with van der Waals surface area (Å²) in [6.07, 6.45) is 5.22. The fraction of sp³-hybridized carbons (Fsp3) is 0.333. The lowest BCUT2D eigenvalue weighted by atomic mass is 10.1. The molecule has 3 rings (SSSR count). The number of carbonyl (C=O) groups excluding carboxylic acids is 2. The van der Waals surface area contributed by atoms with Crippen molar-refractivity contribution in [3.05, 3.63) is 47.9 Å². The maximum absolute atomic E-state index is 12.0. The molecule has 0 spiro atoms. The van der Waals surface area contributed by atoms with Crippen LogP contribution < -0.4 is 15.5 Å². The fourth-order valence-corrected chi connectivity index (χ4v) is 2.81. The Labute approximate surface area is 140 Å². The lowest BCUT2D eigenvalue weighted by molar-refractivity contribution is -0.115. The van der Waals surface area contributed by atoms with Crippen LogP contribution in [-0.4, -0.2) is 31.4 Å². The molecule has 24 heavy (non-hydrogen) atoms. The highest BCUT2D eigenvalue weighted by atomic mass is 16.3.